The summed E-state index contributed by atoms with van der Waals surface area (Å²) in [5.41, 5.74) is 0. The summed E-state index contributed by atoms with van der Waals surface area (Å²) in [5, 5.41) is 4.17. The molecule has 0 unspecified atom stereocenters. The third kappa shape index (κ3) is 3.40. The quantitative estimate of drug-likeness (QED) is 0.302. The first-order valence-corrected chi connectivity index (χ1v) is 11.8. The Morgan fingerprint density at radius 2 is 1.11 bits per heavy atom. The molecule has 0 fully saturated rings. The van der Waals surface area contributed by atoms with Crippen molar-refractivity contribution in [3.05, 3.63) is 59.3 Å². The van der Waals surface area contributed by atoms with Crippen LogP contribution in [-0.2, 0) is 0 Å². The van der Waals surface area contributed by atoms with E-state index in [1.165, 1.54) is 19.5 Å². The summed E-state index contributed by atoms with van der Waals surface area (Å²) in [6.07, 6.45) is 0. The minimum absolute atomic E-state index is 0.331. The Labute approximate surface area is 177 Å². The van der Waals surface area contributed by atoms with Gasteiger partial charge in [-0.05, 0) is 47.2 Å². The molecule has 0 amide bonds. The average Bonchev–Trinajstić information content (AvgIpc) is 3.52. The SMILES string of the molecule is COc1nc(-c2ccc(-c3cccs3)s2)nc(-c2ccc(-c3cccs3)s2)n1. The van der Waals surface area contributed by atoms with Gasteiger partial charge in [-0.25, -0.2) is 4.98 Å². The molecule has 0 spiro atoms. The fourth-order valence-corrected chi connectivity index (χ4v) is 6.24. The van der Waals surface area contributed by atoms with Crippen LogP contribution in [0.3, 0.4) is 0 Å². The van der Waals surface area contributed by atoms with Crippen LogP contribution in [-0.4, -0.2) is 22.1 Å². The number of nitrogens with zero attached hydrogens (tertiary/aromatic N) is 3. The number of hydrogen-bond donors (Lipinski definition) is 0. The fraction of sp³-hybridized carbons (Fsp3) is 0.0500. The van der Waals surface area contributed by atoms with Gasteiger partial charge in [0.05, 0.1) is 16.9 Å². The Morgan fingerprint density at radius 1 is 0.607 bits per heavy atom. The molecule has 0 bridgehead atoms. The van der Waals surface area contributed by atoms with E-state index >= 15 is 0 Å². The van der Waals surface area contributed by atoms with Crippen molar-refractivity contribution in [2.24, 2.45) is 0 Å². The molecule has 5 aromatic heterocycles. The lowest BCUT2D eigenvalue weighted by atomic mass is 10.3. The van der Waals surface area contributed by atoms with Crippen molar-refractivity contribution in [3.63, 3.8) is 0 Å². The van der Waals surface area contributed by atoms with Gasteiger partial charge in [-0.3, -0.25) is 0 Å². The first kappa shape index (κ1) is 17.7. The van der Waals surface area contributed by atoms with E-state index in [0.717, 1.165) is 9.75 Å². The third-order valence-electron chi connectivity index (χ3n) is 3.98. The van der Waals surface area contributed by atoms with Crippen LogP contribution in [0.4, 0.5) is 0 Å². The predicted molar refractivity (Wildman–Crippen MR) is 120 cm³/mol. The molecule has 0 N–H and O–H groups in total. The van der Waals surface area contributed by atoms with Crippen molar-refractivity contribution in [2.45, 2.75) is 0 Å². The molecule has 0 atom stereocenters. The van der Waals surface area contributed by atoms with E-state index in [9.17, 15) is 0 Å². The minimum atomic E-state index is 0.331. The van der Waals surface area contributed by atoms with E-state index in [4.69, 9.17) is 9.72 Å². The zero-order valence-corrected chi connectivity index (χ0v) is 17.9. The molecule has 4 nitrogen and oxygen atoms in total. The molecule has 5 rings (SSSR count). The highest BCUT2D eigenvalue weighted by Gasteiger charge is 2.15. The standard InChI is InChI=1S/C20H13N3OS4/c1-24-20-22-18(16-8-6-14(27-16)12-4-2-10-25-12)21-19(23-20)17-9-7-15(28-17)13-5-3-11-26-13/h2-11H,1H3. The molecule has 0 radical (unpaired) electrons. The van der Waals surface area contributed by atoms with Gasteiger partial charge in [0, 0.05) is 19.5 Å². The van der Waals surface area contributed by atoms with Crippen LogP contribution in [0.15, 0.2) is 59.3 Å². The van der Waals surface area contributed by atoms with Gasteiger partial charge in [-0.15, -0.1) is 45.3 Å². The summed E-state index contributed by atoms with van der Waals surface area (Å²) in [4.78, 5) is 20.6. The van der Waals surface area contributed by atoms with Crippen molar-refractivity contribution in [1.29, 1.82) is 0 Å². The van der Waals surface area contributed by atoms with Gasteiger partial charge in [-0.2, -0.15) is 9.97 Å². The molecule has 5 aromatic rings. The van der Waals surface area contributed by atoms with Gasteiger partial charge in [0.1, 0.15) is 0 Å². The fourth-order valence-electron chi connectivity index (χ4n) is 2.69. The summed E-state index contributed by atoms with van der Waals surface area (Å²) in [7, 11) is 1.58. The molecule has 0 aliphatic rings. The van der Waals surface area contributed by atoms with E-state index in [0.29, 0.717) is 17.7 Å². The van der Waals surface area contributed by atoms with Crippen molar-refractivity contribution in [2.75, 3.05) is 7.11 Å². The molecule has 5 heterocycles. The Kier molecular flexibility index (Phi) is 4.77. The highest BCUT2D eigenvalue weighted by atomic mass is 32.1. The molecule has 138 valence electrons. The summed E-state index contributed by atoms with van der Waals surface area (Å²) in [6, 6.07) is 17.0. The second-order valence-corrected chi connectivity index (χ2v) is 9.81. The van der Waals surface area contributed by atoms with Crippen LogP contribution in [0.25, 0.3) is 40.9 Å². The average molecular weight is 440 g/mol. The number of hydrogen-bond acceptors (Lipinski definition) is 8. The smallest absolute Gasteiger partial charge is 0.320 e. The monoisotopic (exact) mass is 439 g/mol. The van der Waals surface area contributed by atoms with Gasteiger partial charge < -0.3 is 4.74 Å². The molecule has 0 saturated heterocycles. The topological polar surface area (TPSA) is 47.9 Å². The second-order valence-electron chi connectivity index (χ2n) is 5.75. The maximum atomic E-state index is 5.35. The Hall–Kier alpha value is -2.39. The van der Waals surface area contributed by atoms with Gasteiger partial charge in [-0.1, -0.05) is 12.1 Å². The molecule has 8 heteroatoms. The van der Waals surface area contributed by atoms with Crippen molar-refractivity contribution >= 4 is 45.3 Å². The summed E-state index contributed by atoms with van der Waals surface area (Å²) < 4.78 is 5.35. The lowest BCUT2D eigenvalue weighted by molar-refractivity contribution is 0.379. The van der Waals surface area contributed by atoms with Crippen molar-refractivity contribution in [1.82, 2.24) is 15.0 Å². The largest absolute Gasteiger partial charge is 0.467 e. The Morgan fingerprint density at radius 3 is 1.54 bits per heavy atom. The molecule has 0 aliphatic heterocycles. The molecule has 0 saturated carbocycles. The van der Waals surface area contributed by atoms with Crippen molar-refractivity contribution in [3.8, 4) is 46.9 Å². The molecular formula is C20H13N3OS4. The normalized spacial score (nSPS) is 11.0. The highest BCUT2D eigenvalue weighted by Crippen LogP contribution is 2.38. The van der Waals surface area contributed by atoms with Crippen molar-refractivity contribution < 1.29 is 4.74 Å². The number of rotatable bonds is 5. The first-order chi connectivity index (χ1) is 13.8. The van der Waals surface area contributed by atoms with Gasteiger partial charge >= 0.3 is 6.01 Å². The van der Waals surface area contributed by atoms with Crippen LogP contribution >= 0.6 is 45.3 Å². The van der Waals surface area contributed by atoms with Crippen LogP contribution in [0, 0.1) is 0 Å². The predicted octanol–water partition coefficient (Wildman–Crippen LogP) is 6.79. The van der Waals surface area contributed by atoms with E-state index < -0.39 is 0 Å². The zero-order valence-electron chi connectivity index (χ0n) is 14.7. The van der Waals surface area contributed by atoms with Gasteiger partial charge in [0.25, 0.3) is 0 Å². The van der Waals surface area contributed by atoms with Gasteiger partial charge in [0.2, 0.25) is 0 Å². The lowest BCUT2D eigenvalue weighted by Crippen LogP contribution is -1.98. The number of ether oxygens (including phenoxy) is 1. The lowest BCUT2D eigenvalue weighted by Gasteiger charge is -2.03. The number of thiophene rings is 4. The third-order valence-corrected chi connectivity index (χ3v) is 8.27. The number of aromatic nitrogens is 3. The number of methoxy groups -OCH3 is 1. The maximum absolute atomic E-state index is 5.35. The minimum Gasteiger partial charge on any atom is -0.467 e. The van der Waals surface area contributed by atoms with E-state index in [1.54, 1.807) is 52.5 Å². The summed E-state index contributed by atoms with van der Waals surface area (Å²) >= 11 is 6.81. The molecule has 0 aromatic carbocycles. The maximum Gasteiger partial charge on any atom is 0.320 e. The van der Waals surface area contributed by atoms with Gasteiger partial charge in [0.15, 0.2) is 11.6 Å². The Bertz CT molecular complexity index is 1120. The Balaban J connectivity index is 1.54. The molecule has 28 heavy (non-hydrogen) atoms. The zero-order chi connectivity index (χ0) is 18.9. The second kappa shape index (κ2) is 7.56. The van der Waals surface area contributed by atoms with E-state index in [1.807, 2.05) is 0 Å². The summed E-state index contributed by atoms with van der Waals surface area (Å²) in [6.45, 7) is 0. The van der Waals surface area contributed by atoms with Crippen LogP contribution in [0.5, 0.6) is 6.01 Å². The molecular weight excluding hydrogens is 427 g/mol. The van der Waals surface area contributed by atoms with E-state index in [2.05, 4.69) is 69.3 Å². The van der Waals surface area contributed by atoms with E-state index in [-0.39, 0.29) is 0 Å². The highest BCUT2D eigenvalue weighted by molar-refractivity contribution is 7.23. The first-order valence-electron chi connectivity index (χ1n) is 8.38. The van der Waals surface area contributed by atoms with Crippen LogP contribution in [0.2, 0.25) is 0 Å². The molecule has 0 aliphatic carbocycles. The van der Waals surface area contributed by atoms with Crippen LogP contribution in [0.1, 0.15) is 0 Å². The summed E-state index contributed by atoms with van der Waals surface area (Å²) in [5.74, 6) is 1.28. The van der Waals surface area contributed by atoms with Crippen LogP contribution < -0.4 is 4.74 Å².